The number of hydrogen-bond donors (Lipinski definition) is 3. The monoisotopic (exact) mass is 457 g/mol. The molecule has 1 aliphatic rings. The molecule has 0 radical (unpaired) electrons. The van der Waals surface area contributed by atoms with Crippen molar-refractivity contribution in [3.05, 3.63) is 58.0 Å². The number of nitrogens with zero attached hydrogens (tertiary/aromatic N) is 1. The molecule has 1 atom stereocenters. The topological polar surface area (TPSA) is 121 Å². The molecule has 0 aliphatic carbocycles. The molecule has 1 aromatic heterocycles. The molecule has 8 nitrogen and oxygen atoms in total. The summed E-state index contributed by atoms with van der Waals surface area (Å²) >= 11 is 0. The van der Waals surface area contributed by atoms with E-state index in [0.29, 0.717) is 17.8 Å². The van der Waals surface area contributed by atoms with Crippen LogP contribution in [0.3, 0.4) is 0 Å². The third kappa shape index (κ3) is 4.43. The van der Waals surface area contributed by atoms with Gasteiger partial charge in [0.2, 0.25) is 0 Å². The number of allylic oxidation sites excluding steroid dienone is 1. The average molecular weight is 457 g/mol. The number of benzene rings is 1. The van der Waals surface area contributed by atoms with E-state index in [1.54, 1.807) is 26.0 Å². The summed E-state index contributed by atoms with van der Waals surface area (Å²) in [7, 11) is -5.09. The van der Waals surface area contributed by atoms with Gasteiger partial charge in [0.1, 0.15) is 23.0 Å². The Labute approximate surface area is 175 Å². The largest absolute Gasteiger partial charge is 0.505 e. The molecule has 1 aromatic carbocycles. The van der Waals surface area contributed by atoms with Crippen molar-refractivity contribution in [2.45, 2.75) is 32.5 Å². The molecule has 31 heavy (non-hydrogen) atoms. The number of phenolic OH excluding ortho intramolecular Hbond substituents is 1. The van der Waals surface area contributed by atoms with Gasteiger partial charge in [-0.15, -0.1) is 4.40 Å². The molecular formula is C19H18F3N3O5S. The van der Waals surface area contributed by atoms with Crippen LogP contribution in [0.25, 0.3) is 0 Å². The number of aryl methyl sites for hydroxylation is 1. The second-order valence-corrected chi connectivity index (χ2v) is 8.20. The second-order valence-electron chi connectivity index (χ2n) is 6.66. The number of amidine groups is 1. The lowest BCUT2D eigenvalue weighted by atomic mass is 10.1. The Morgan fingerprint density at radius 1 is 1.26 bits per heavy atom. The third-order valence-electron chi connectivity index (χ3n) is 4.47. The number of hydrogen-bond acceptors (Lipinski definition) is 7. The molecule has 3 N–H and O–H groups in total. The average Bonchev–Trinajstić information content (AvgIpc) is 3.21. The minimum absolute atomic E-state index is 0.140. The molecule has 0 bridgehead atoms. The number of furan rings is 1. The van der Waals surface area contributed by atoms with Gasteiger partial charge >= 0.3 is 6.18 Å². The highest BCUT2D eigenvalue weighted by atomic mass is 32.2. The van der Waals surface area contributed by atoms with Gasteiger partial charge < -0.3 is 20.2 Å². The Balaban J connectivity index is 2.09. The van der Waals surface area contributed by atoms with Crippen LogP contribution in [-0.4, -0.2) is 31.8 Å². The van der Waals surface area contributed by atoms with E-state index in [1.807, 2.05) is 0 Å². The standard InChI is InChI=1S/C19H18F3N3O5S/c1-3-12(14-8-7-10(2)30-14)23-15-17(19(20,21)22)31(28,29)25-18(15)24-13-6-4-5-11(9-26)16(13)27/h4-9,12,23,27H,3H2,1-2H3,(H,24,25)/t12-/m1/s1. The van der Waals surface area contributed by atoms with Crippen molar-refractivity contribution in [3.8, 4) is 5.75 Å². The molecule has 0 saturated carbocycles. The van der Waals surface area contributed by atoms with E-state index >= 15 is 0 Å². The number of nitrogens with one attached hydrogen (secondary N) is 2. The number of halogens is 3. The molecule has 0 fully saturated rings. The molecule has 2 aromatic rings. The van der Waals surface area contributed by atoms with E-state index in [-0.39, 0.29) is 17.7 Å². The lowest BCUT2D eigenvalue weighted by Gasteiger charge is -2.20. The van der Waals surface area contributed by atoms with E-state index in [0.717, 1.165) is 0 Å². The number of aromatic hydroxyl groups is 1. The quantitative estimate of drug-likeness (QED) is 0.446. The van der Waals surface area contributed by atoms with Crippen molar-refractivity contribution in [1.82, 2.24) is 5.32 Å². The zero-order chi connectivity index (χ0) is 23.0. The van der Waals surface area contributed by atoms with Crippen LogP contribution in [0.5, 0.6) is 5.75 Å². The number of carbonyl (C=O) groups excluding carboxylic acids is 1. The van der Waals surface area contributed by atoms with E-state index in [2.05, 4.69) is 15.0 Å². The van der Waals surface area contributed by atoms with E-state index < -0.39 is 44.4 Å². The van der Waals surface area contributed by atoms with Crippen LogP contribution in [0.4, 0.5) is 18.9 Å². The molecule has 166 valence electrons. The molecule has 12 heteroatoms. The van der Waals surface area contributed by atoms with E-state index in [9.17, 15) is 31.5 Å². The third-order valence-corrected chi connectivity index (χ3v) is 5.84. The zero-order valence-corrected chi connectivity index (χ0v) is 17.1. The van der Waals surface area contributed by atoms with Gasteiger partial charge in [-0.2, -0.15) is 21.6 Å². The Morgan fingerprint density at radius 3 is 2.52 bits per heavy atom. The van der Waals surface area contributed by atoms with Gasteiger partial charge in [-0.3, -0.25) is 4.79 Å². The molecule has 1 aliphatic heterocycles. The fourth-order valence-electron chi connectivity index (χ4n) is 3.03. The number of carbonyl (C=O) groups is 1. The Hall–Kier alpha value is -3.28. The number of rotatable bonds is 6. The first-order valence-corrected chi connectivity index (χ1v) is 10.5. The van der Waals surface area contributed by atoms with Crippen LogP contribution >= 0.6 is 0 Å². The maximum atomic E-state index is 13.7. The van der Waals surface area contributed by atoms with Crippen LogP contribution < -0.4 is 10.6 Å². The van der Waals surface area contributed by atoms with Crippen molar-refractivity contribution in [3.63, 3.8) is 0 Å². The Bertz CT molecular complexity index is 1180. The first kappa shape index (κ1) is 22.4. The van der Waals surface area contributed by atoms with Crippen LogP contribution in [0.2, 0.25) is 0 Å². The summed E-state index contributed by atoms with van der Waals surface area (Å²) in [4.78, 5) is 9.15. The van der Waals surface area contributed by atoms with Gasteiger partial charge in [0, 0.05) is 0 Å². The minimum atomic E-state index is -5.24. The zero-order valence-electron chi connectivity index (χ0n) is 16.3. The van der Waals surface area contributed by atoms with Gasteiger partial charge in [0.15, 0.2) is 17.0 Å². The van der Waals surface area contributed by atoms with Crippen molar-refractivity contribution in [2.24, 2.45) is 4.40 Å². The molecule has 2 heterocycles. The van der Waals surface area contributed by atoms with Crippen molar-refractivity contribution >= 4 is 27.8 Å². The maximum absolute atomic E-state index is 13.7. The van der Waals surface area contributed by atoms with Gasteiger partial charge in [-0.1, -0.05) is 13.0 Å². The number of alkyl halides is 3. The van der Waals surface area contributed by atoms with Crippen molar-refractivity contribution in [1.29, 1.82) is 0 Å². The minimum Gasteiger partial charge on any atom is -0.505 e. The molecule has 0 spiro atoms. The van der Waals surface area contributed by atoms with Gasteiger partial charge in [0.25, 0.3) is 10.0 Å². The predicted molar refractivity (Wildman–Crippen MR) is 106 cm³/mol. The van der Waals surface area contributed by atoms with E-state index in [4.69, 9.17) is 4.42 Å². The lowest BCUT2D eigenvalue weighted by Crippen LogP contribution is -2.31. The molecule has 3 rings (SSSR count). The summed E-state index contributed by atoms with van der Waals surface area (Å²) in [5.74, 6) is -0.399. The summed E-state index contributed by atoms with van der Waals surface area (Å²) in [5, 5.41) is 15.1. The summed E-state index contributed by atoms with van der Waals surface area (Å²) in [6.45, 7) is 3.34. The van der Waals surface area contributed by atoms with Crippen molar-refractivity contribution < 1.29 is 35.9 Å². The fourth-order valence-corrected chi connectivity index (χ4v) is 4.20. The lowest BCUT2D eigenvalue weighted by molar-refractivity contribution is -0.0850. The number of anilines is 1. The Morgan fingerprint density at radius 2 is 1.97 bits per heavy atom. The van der Waals surface area contributed by atoms with E-state index in [1.165, 1.54) is 18.2 Å². The SMILES string of the molecule is CC[C@@H](NC1=C(C(F)(F)F)S(=O)(=O)N=C1Nc1cccc(C=O)c1O)c1ccc(C)o1. The first-order valence-electron chi connectivity index (χ1n) is 9.01. The summed E-state index contributed by atoms with van der Waals surface area (Å²) in [5.41, 5.74) is -1.15. The van der Waals surface area contributed by atoms with Gasteiger partial charge in [0.05, 0.1) is 17.3 Å². The highest BCUT2D eigenvalue weighted by Crippen LogP contribution is 2.39. The fraction of sp³-hybridized carbons (Fsp3) is 0.263. The van der Waals surface area contributed by atoms with Crippen LogP contribution in [-0.2, 0) is 10.0 Å². The Kier molecular flexibility index (Phi) is 5.85. The first-order chi connectivity index (χ1) is 14.5. The molecule has 0 unspecified atom stereocenters. The molecular weight excluding hydrogens is 439 g/mol. The number of para-hydroxylation sites is 1. The number of sulfonamides is 1. The smallest absolute Gasteiger partial charge is 0.431 e. The summed E-state index contributed by atoms with van der Waals surface area (Å²) in [6.07, 6.45) is -4.63. The van der Waals surface area contributed by atoms with Gasteiger partial charge in [-0.05, 0) is 37.6 Å². The molecule has 0 amide bonds. The predicted octanol–water partition coefficient (Wildman–Crippen LogP) is 3.77. The normalized spacial score (nSPS) is 16.7. The molecule has 0 saturated heterocycles. The number of aldehydes is 1. The summed E-state index contributed by atoms with van der Waals surface area (Å²) < 4.78 is 74.2. The number of phenols is 1. The summed E-state index contributed by atoms with van der Waals surface area (Å²) in [6, 6.07) is 6.29. The van der Waals surface area contributed by atoms with Crippen LogP contribution in [0, 0.1) is 6.92 Å². The van der Waals surface area contributed by atoms with Crippen molar-refractivity contribution in [2.75, 3.05) is 5.32 Å². The second kappa shape index (κ2) is 8.10. The highest BCUT2D eigenvalue weighted by Gasteiger charge is 2.50. The van der Waals surface area contributed by atoms with Crippen LogP contribution in [0.1, 0.15) is 41.3 Å². The maximum Gasteiger partial charge on any atom is 0.431 e. The highest BCUT2D eigenvalue weighted by molar-refractivity contribution is 7.94. The van der Waals surface area contributed by atoms with Gasteiger partial charge in [-0.25, -0.2) is 0 Å². The van der Waals surface area contributed by atoms with Crippen LogP contribution in [0.15, 0.2) is 49.7 Å².